The fourth-order valence-electron chi connectivity index (χ4n) is 2.17. The maximum atomic E-state index is 11.5. The molecule has 0 fully saturated rings. The number of nitrogens with zero attached hydrogens (tertiary/aromatic N) is 1. The number of carbonyl (C=O) groups is 1. The molecular weight excluding hydrogens is 265 g/mol. The second-order valence-electron chi connectivity index (χ2n) is 3.96. The second kappa shape index (κ2) is 3.34. The van der Waals surface area contributed by atoms with E-state index in [-0.39, 0.29) is 5.78 Å². The van der Waals surface area contributed by atoms with Gasteiger partial charge in [0.1, 0.15) is 0 Å². The summed E-state index contributed by atoms with van der Waals surface area (Å²) in [6.07, 6.45) is 0. The van der Waals surface area contributed by atoms with Gasteiger partial charge >= 0.3 is 99.1 Å². The van der Waals surface area contributed by atoms with Gasteiger partial charge in [-0.05, 0) is 0 Å². The van der Waals surface area contributed by atoms with Crippen molar-refractivity contribution in [2.75, 3.05) is 0 Å². The SMILES string of the molecule is CC(=O)c1cc2[se]c3ccccc3c2n1C. The third-order valence-corrected chi connectivity index (χ3v) is 5.24. The molecule has 2 nitrogen and oxygen atoms in total. The van der Waals surface area contributed by atoms with Gasteiger partial charge in [0.15, 0.2) is 0 Å². The summed E-state index contributed by atoms with van der Waals surface area (Å²) in [6.45, 7) is 1.63. The van der Waals surface area contributed by atoms with Crippen molar-refractivity contribution in [3.8, 4) is 0 Å². The number of Topliss-reactive ketones (excluding diaryl/α,β-unsaturated/α-hetero) is 1. The first-order valence-corrected chi connectivity index (χ1v) is 6.87. The van der Waals surface area contributed by atoms with Crippen molar-refractivity contribution in [2.45, 2.75) is 6.92 Å². The molecule has 2 heterocycles. The van der Waals surface area contributed by atoms with Crippen molar-refractivity contribution in [1.29, 1.82) is 0 Å². The van der Waals surface area contributed by atoms with E-state index in [0.717, 1.165) is 5.69 Å². The molecule has 0 aliphatic carbocycles. The van der Waals surface area contributed by atoms with Crippen LogP contribution < -0.4 is 0 Å². The van der Waals surface area contributed by atoms with E-state index in [1.807, 2.05) is 11.6 Å². The Morgan fingerprint density at radius 2 is 2.00 bits per heavy atom. The molecule has 1 aromatic carbocycles. The van der Waals surface area contributed by atoms with Crippen molar-refractivity contribution in [1.82, 2.24) is 4.57 Å². The molecule has 0 aliphatic heterocycles. The first kappa shape index (κ1) is 9.88. The van der Waals surface area contributed by atoms with Crippen LogP contribution in [0.4, 0.5) is 0 Å². The zero-order valence-corrected chi connectivity index (χ0v) is 10.9. The number of hydrogen-bond donors (Lipinski definition) is 0. The molecule has 0 aliphatic rings. The van der Waals surface area contributed by atoms with Crippen LogP contribution in [0.1, 0.15) is 17.4 Å². The Bertz CT molecular complexity index is 705. The van der Waals surface area contributed by atoms with E-state index in [1.54, 1.807) is 6.92 Å². The topological polar surface area (TPSA) is 22.0 Å². The van der Waals surface area contributed by atoms with Crippen LogP contribution in [0.15, 0.2) is 30.3 Å². The summed E-state index contributed by atoms with van der Waals surface area (Å²) in [4.78, 5) is 11.5. The van der Waals surface area contributed by atoms with Crippen LogP contribution in [0, 0.1) is 0 Å². The average molecular weight is 276 g/mol. The summed E-state index contributed by atoms with van der Waals surface area (Å²) in [5.74, 6) is 0.144. The molecule has 0 saturated carbocycles. The first-order chi connectivity index (χ1) is 7.68. The summed E-state index contributed by atoms with van der Waals surface area (Å²) >= 11 is 0.359. The van der Waals surface area contributed by atoms with Crippen molar-refractivity contribution < 1.29 is 4.79 Å². The molecule has 3 rings (SSSR count). The normalized spacial score (nSPS) is 11.4. The van der Waals surface area contributed by atoms with Gasteiger partial charge in [0.25, 0.3) is 0 Å². The van der Waals surface area contributed by atoms with E-state index in [2.05, 4.69) is 30.3 Å². The van der Waals surface area contributed by atoms with Crippen LogP contribution in [0.3, 0.4) is 0 Å². The number of hydrogen-bond acceptors (Lipinski definition) is 1. The van der Waals surface area contributed by atoms with Gasteiger partial charge in [-0.3, -0.25) is 0 Å². The summed E-state index contributed by atoms with van der Waals surface area (Å²) in [6, 6.07) is 10.5. The first-order valence-electron chi connectivity index (χ1n) is 5.16. The van der Waals surface area contributed by atoms with Crippen molar-refractivity contribution in [3.63, 3.8) is 0 Å². The predicted molar refractivity (Wildman–Crippen MR) is 67.4 cm³/mol. The molecule has 80 valence electrons. The fraction of sp³-hybridized carbons (Fsp3) is 0.154. The van der Waals surface area contributed by atoms with Gasteiger partial charge in [-0.15, -0.1) is 0 Å². The molecule has 0 bridgehead atoms. The van der Waals surface area contributed by atoms with E-state index in [4.69, 9.17) is 0 Å². The Morgan fingerprint density at radius 1 is 1.25 bits per heavy atom. The van der Waals surface area contributed by atoms with E-state index in [0.29, 0.717) is 14.5 Å². The maximum absolute atomic E-state index is 11.5. The third-order valence-electron chi connectivity index (χ3n) is 2.92. The van der Waals surface area contributed by atoms with Crippen LogP contribution in [0.2, 0.25) is 0 Å². The number of ketones is 1. The standard InChI is InChI=1S/C13H11NOSe/c1-8(15)10-7-12-13(14(10)2)9-5-3-4-6-11(9)16-12/h3-7H,1-2H3. The Morgan fingerprint density at radius 3 is 2.75 bits per heavy atom. The minimum absolute atomic E-state index is 0.144. The molecule has 3 aromatic rings. The monoisotopic (exact) mass is 277 g/mol. The average Bonchev–Trinajstić information content (AvgIpc) is 2.75. The Balaban J connectivity index is 2.50. The molecule has 0 atom stereocenters. The summed E-state index contributed by atoms with van der Waals surface area (Å²) in [7, 11) is 1.98. The van der Waals surface area contributed by atoms with E-state index in [1.165, 1.54) is 19.4 Å². The van der Waals surface area contributed by atoms with Gasteiger partial charge in [-0.25, -0.2) is 0 Å². The molecule has 0 unspecified atom stereocenters. The zero-order valence-electron chi connectivity index (χ0n) is 9.15. The minimum atomic E-state index is 0.144. The Hall–Kier alpha value is -1.31. The molecule has 0 spiro atoms. The van der Waals surface area contributed by atoms with Crippen LogP contribution in [-0.4, -0.2) is 24.9 Å². The number of carbonyl (C=O) groups excluding carboxylic acids is 1. The molecule has 0 N–H and O–H groups in total. The molecule has 0 saturated heterocycles. The number of rotatable bonds is 1. The van der Waals surface area contributed by atoms with Crippen LogP contribution in [0.5, 0.6) is 0 Å². The summed E-state index contributed by atoms with van der Waals surface area (Å²) in [5.41, 5.74) is 2.06. The van der Waals surface area contributed by atoms with Gasteiger partial charge in [-0.1, -0.05) is 0 Å². The fourth-order valence-corrected chi connectivity index (χ4v) is 4.63. The second-order valence-corrected chi connectivity index (χ2v) is 6.23. The molecular formula is C13H11NOSe. The van der Waals surface area contributed by atoms with E-state index < -0.39 is 0 Å². The van der Waals surface area contributed by atoms with Crippen molar-refractivity contribution >= 4 is 39.7 Å². The third kappa shape index (κ3) is 1.22. The van der Waals surface area contributed by atoms with Crippen molar-refractivity contribution in [3.05, 3.63) is 36.0 Å². The Labute approximate surface area is 99.2 Å². The number of aromatic nitrogens is 1. The quantitative estimate of drug-likeness (QED) is 0.494. The molecule has 0 radical (unpaired) electrons. The van der Waals surface area contributed by atoms with Gasteiger partial charge in [0.2, 0.25) is 0 Å². The van der Waals surface area contributed by atoms with Gasteiger partial charge in [0.05, 0.1) is 0 Å². The molecule has 0 amide bonds. The number of aryl methyl sites for hydroxylation is 1. The molecule has 2 aromatic heterocycles. The Kier molecular flexibility index (Phi) is 2.06. The van der Waals surface area contributed by atoms with E-state index >= 15 is 0 Å². The van der Waals surface area contributed by atoms with Gasteiger partial charge in [0, 0.05) is 0 Å². The van der Waals surface area contributed by atoms with Crippen molar-refractivity contribution in [2.24, 2.45) is 7.05 Å². The van der Waals surface area contributed by atoms with E-state index in [9.17, 15) is 4.79 Å². The molecule has 3 heteroatoms. The predicted octanol–water partition coefficient (Wildman–Crippen LogP) is 2.59. The van der Waals surface area contributed by atoms with Crippen LogP contribution >= 0.6 is 0 Å². The van der Waals surface area contributed by atoms with Gasteiger partial charge in [-0.2, -0.15) is 0 Å². The summed E-state index contributed by atoms with van der Waals surface area (Å²) < 4.78 is 4.79. The van der Waals surface area contributed by atoms with Gasteiger partial charge < -0.3 is 0 Å². The molecule has 16 heavy (non-hydrogen) atoms. The summed E-state index contributed by atoms with van der Waals surface area (Å²) in [5, 5.41) is 1.30. The van der Waals surface area contributed by atoms with Crippen LogP contribution in [-0.2, 0) is 7.05 Å². The number of fused-ring (bicyclic) bond motifs is 3. The van der Waals surface area contributed by atoms with Crippen LogP contribution in [0.25, 0.3) is 19.4 Å². The number of benzene rings is 1. The zero-order chi connectivity index (χ0) is 11.3.